The maximum atomic E-state index is 14.2. The monoisotopic (exact) mass is 855 g/mol. The Bertz CT molecular complexity index is 2200. The van der Waals surface area contributed by atoms with Gasteiger partial charge in [-0.2, -0.15) is 0 Å². The van der Waals surface area contributed by atoms with Crippen molar-refractivity contribution in [1.29, 1.82) is 0 Å². The summed E-state index contributed by atoms with van der Waals surface area (Å²) in [5.74, 6) is -9.27. The average molecular weight is 856 g/mol. The molecule has 18 heteroatoms. The van der Waals surface area contributed by atoms with Crippen LogP contribution in [0.2, 0.25) is 0 Å². The quantitative estimate of drug-likeness (QED) is 0.0479. The van der Waals surface area contributed by atoms with Crippen LogP contribution >= 0.6 is 0 Å². The summed E-state index contributed by atoms with van der Waals surface area (Å²) in [7, 11) is 0. The first-order chi connectivity index (χ1) is 29.6. The Morgan fingerprint density at radius 3 is 1.69 bits per heavy atom. The molecule has 0 saturated heterocycles. The standard InChI is InChI=1S/C44H53N7O11/c1-3-25(2)38(43(60)49-34(23-37(54)55)41(58)50-35(44(61)62)21-27-14-8-5-9-15-27)51-42(59)33(20-26-12-6-4-7-13-26)48-40(57)32(18-19-36(52)53)47-39(56)30(45)22-28-24-46-31-17-11-10-16-29(28)31/h4-17,24-25,30,32-35,38,46H,3,18-23,45H2,1-2H3,(H,47,56)(H,48,57)(H,49,60)(H,50,58)(H,51,59)(H,52,53)(H,54,55)(H,61,62)/t25-,30-,32-,33-,34-,35-,38-/m0/s1. The molecule has 62 heavy (non-hydrogen) atoms. The molecule has 0 aliphatic rings. The van der Waals surface area contributed by atoms with E-state index in [1.807, 2.05) is 24.3 Å². The van der Waals surface area contributed by atoms with Gasteiger partial charge >= 0.3 is 17.9 Å². The molecule has 0 unspecified atom stereocenters. The predicted molar refractivity (Wildman–Crippen MR) is 226 cm³/mol. The zero-order valence-electron chi connectivity index (χ0n) is 34.3. The van der Waals surface area contributed by atoms with Gasteiger partial charge in [-0.3, -0.25) is 33.6 Å². The number of nitrogens with one attached hydrogen (secondary N) is 6. The van der Waals surface area contributed by atoms with Gasteiger partial charge in [0.05, 0.1) is 12.5 Å². The molecule has 1 heterocycles. The van der Waals surface area contributed by atoms with Gasteiger partial charge in [-0.25, -0.2) is 4.79 Å². The number of fused-ring (bicyclic) bond motifs is 1. The third-order valence-electron chi connectivity index (χ3n) is 10.3. The van der Waals surface area contributed by atoms with Crippen molar-refractivity contribution in [2.24, 2.45) is 11.7 Å². The van der Waals surface area contributed by atoms with Gasteiger partial charge in [0, 0.05) is 36.4 Å². The number of hydrogen-bond acceptors (Lipinski definition) is 9. The molecule has 0 saturated carbocycles. The lowest BCUT2D eigenvalue weighted by Gasteiger charge is -2.29. The Hall–Kier alpha value is -7.08. The van der Waals surface area contributed by atoms with Crippen molar-refractivity contribution < 1.29 is 53.7 Å². The maximum absolute atomic E-state index is 14.2. The summed E-state index contributed by atoms with van der Waals surface area (Å²) in [5.41, 5.74) is 9.02. The van der Waals surface area contributed by atoms with Gasteiger partial charge < -0.3 is 52.6 Å². The van der Waals surface area contributed by atoms with Gasteiger partial charge in [0.1, 0.15) is 30.2 Å². The number of benzene rings is 3. The van der Waals surface area contributed by atoms with Crippen molar-refractivity contribution in [3.05, 3.63) is 108 Å². The molecule has 330 valence electrons. The van der Waals surface area contributed by atoms with Crippen LogP contribution in [-0.2, 0) is 57.6 Å². The molecular weight excluding hydrogens is 803 g/mol. The second kappa shape index (κ2) is 23.1. The third kappa shape index (κ3) is 14.3. The molecule has 18 nitrogen and oxygen atoms in total. The lowest BCUT2D eigenvalue weighted by atomic mass is 9.96. The number of nitrogens with two attached hydrogens (primary N) is 1. The van der Waals surface area contributed by atoms with Crippen LogP contribution in [0.15, 0.2) is 91.1 Å². The normalized spacial score (nSPS) is 14.4. The highest BCUT2D eigenvalue weighted by atomic mass is 16.4. The lowest BCUT2D eigenvalue weighted by Crippen LogP contribution is -2.61. The number of carbonyl (C=O) groups excluding carboxylic acids is 5. The molecule has 0 spiro atoms. The van der Waals surface area contributed by atoms with Crippen LogP contribution < -0.4 is 32.3 Å². The fourth-order valence-electron chi connectivity index (χ4n) is 6.70. The molecule has 4 aromatic rings. The van der Waals surface area contributed by atoms with Crippen LogP contribution in [0, 0.1) is 5.92 Å². The van der Waals surface area contributed by atoms with Crippen LogP contribution in [0.3, 0.4) is 0 Å². The van der Waals surface area contributed by atoms with Crippen LogP contribution in [0.1, 0.15) is 56.2 Å². The number of carboxylic acid groups (broad SMARTS) is 3. The summed E-state index contributed by atoms with van der Waals surface area (Å²) in [5, 5.41) is 42.2. The first-order valence-corrected chi connectivity index (χ1v) is 20.1. The van der Waals surface area contributed by atoms with Gasteiger partial charge in [-0.05, 0) is 41.5 Å². The molecule has 0 radical (unpaired) electrons. The number of hydrogen-bond donors (Lipinski definition) is 10. The molecule has 0 fully saturated rings. The molecule has 11 N–H and O–H groups in total. The first-order valence-electron chi connectivity index (χ1n) is 20.1. The molecule has 3 aromatic carbocycles. The van der Waals surface area contributed by atoms with Crippen molar-refractivity contribution in [3.63, 3.8) is 0 Å². The highest BCUT2D eigenvalue weighted by Gasteiger charge is 2.35. The lowest BCUT2D eigenvalue weighted by molar-refractivity contribution is -0.143. The number of carboxylic acids is 3. The van der Waals surface area contributed by atoms with Crippen LogP contribution in [0.5, 0.6) is 0 Å². The molecule has 7 atom stereocenters. The number of H-pyrrole nitrogens is 1. The molecule has 4 rings (SSSR count). The fraction of sp³-hybridized carbons (Fsp3) is 0.364. The summed E-state index contributed by atoms with van der Waals surface area (Å²) in [6.07, 6.45) is 0.0719. The zero-order chi connectivity index (χ0) is 45.3. The Morgan fingerprint density at radius 1 is 0.597 bits per heavy atom. The number of aromatic nitrogens is 1. The highest BCUT2D eigenvalue weighted by Crippen LogP contribution is 2.19. The summed E-state index contributed by atoms with van der Waals surface area (Å²) in [4.78, 5) is 107. The van der Waals surface area contributed by atoms with Crippen molar-refractivity contribution in [2.45, 2.75) is 95.0 Å². The number of aliphatic carboxylic acids is 3. The van der Waals surface area contributed by atoms with Gasteiger partial charge in [0.25, 0.3) is 0 Å². The van der Waals surface area contributed by atoms with Gasteiger partial charge in [-0.1, -0.05) is 99.1 Å². The van der Waals surface area contributed by atoms with Crippen molar-refractivity contribution in [1.82, 2.24) is 31.6 Å². The Balaban J connectivity index is 1.54. The smallest absolute Gasteiger partial charge is 0.326 e. The Kier molecular flexibility index (Phi) is 17.7. The largest absolute Gasteiger partial charge is 0.481 e. The minimum absolute atomic E-state index is 0.0873. The van der Waals surface area contributed by atoms with Gasteiger partial charge in [0.2, 0.25) is 29.5 Å². The summed E-state index contributed by atoms with van der Waals surface area (Å²) in [6.45, 7) is 3.35. The minimum atomic E-state index is -1.75. The third-order valence-corrected chi connectivity index (χ3v) is 10.3. The van der Waals surface area contributed by atoms with Crippen molar-refractivity contribution in [3.8, 4) is 0 Å². The highest BCUT2D eigenvalue weighted by molar-refractivity contribution is 5.97. The number of amides is 5. The van der Waals surface area contributed by atoms with E-state index in [4.69, 9.17) is 5.73 Å². The van der Waals surface area contributed by atoms with E-state index in [0.717, 1.165) is 16.5 Å². The van der Waals surface area contributed by atoms with E-state index in [9.17, 15) is 53.7 Å². The van der Waals surface area contributed by atoms with Crippen LogP contribution in [0.25, 0.3) is 10.9 Å². The van der Waals surface area contributed by atoms with E-state index in [2.05, 4.69) is 31.6 Å². The van der Waals surface area contributed by atoms with E-state index in [1.54, 1.807) is 80.7 Å². The Morgan fingerprint density at radius 2 is 1.11 bits per heavy atom. The topological polar surface area (TPSA) is 299 Å². The molecule has 0 aliphatic carbocycles. The predicted octanol–water partition coefficient (Wildman–Crippen LogP) is 1.42. The molecular formula is C44H53N7O11. The van der Waals surface area contributed by atoms with Crippen LogP contribution in [-0.4, -0.2) is 104 Å². The number of carbonyl (C=O) groups is 8. The first kappa shape index (κ1) is 47.6. The van der Waals surface area contributed by atoms with Gasteiger partial charge in [-0.15, -0.1) is 0 Å². The number of rotatable bonds is 24. The fourth-order valence-corrected chi connectivity index (χ4v) is 6.70. The number of aromatic amines is 1. The van der Waals surface area contributed by atoms with Crippen LogP contribution in [0.4, 0.5) is 0 Å². The second-order valence-electron chi connectivity index (χ2n) is 15.0. The summed E-state index contributed by atoms with van der Waals surface area (Å²) >= 11 is 0. The Labute approximate surface area is 357 Å². The van der Waals surface area contributed by atoms with E-state index in [1.165, 1.54) is 0 Å². The molecule has 0 bridgehead atoms. The number of para-hydroxylation sites is 1. The van der Waals surface area contributed by atoms with Gasteiger partial charge in [0.15, 0.2) is 0 Å². The zero-order valence-corrected chi connectivity index (χ0v) is 34.3. The second-order valence-corrected chi connectivity index (χ2v) is 15.0. The van der Waals surface area contributed by atoms with E-state index < -0.39 is 102 Å². The van der Waals surface area contributed by atoms with E-state index in [-0.39, 0.29) is 25.7 Å². The maximum Gasteiger partial charge on any atom is 0.326 e. The summed E-state index contributed by atoms with van der Waals surface area (Å²) in [6, 6.07) is 15.7. The van der Waals surface area contributed by atoms with Crippen molar-refractivity contribution >= 4 is 58.3 Å². The SMILES string of the molecule is CC[C@H](C)[C@H](NC(=O)[C@H](Cc1ccccc1)NC(=O)[C@H](CCC(=O)O)NC(=O)[C@@H](N)Cc1c[nH]c2ccccc12)C(=O)N[C@@H](CC(=O)O)C(=O)N[C@@H](Cc1ccccc1)C(=O)O. The molecule has 0 aliphatic heterocycles. The molecule has 1 aromatic heterocycles. The van der Waals surface area contributed by atoms with E-state index >= 15 is 0 Å². The summed E-state index contributed by atoms with van der Waals surface area (Å²) < 4.78 is 0. The van der Waals surface area contributed by atoms with Crippen molar-refractivity contribution in [2.75, 3.05) is 0 Å². The minimum Gasteiger partial charge on any atom is -0.481 e. The van der Waals surface area contributed by atoms with E-state index in [0.29, 0.717) is 17.5 Å². The average Bonchev–Trinajstić information content (AvgIpc) is 3.65. The molecule has 5 amide bonds.